The molecule has 1 unspecified atom stereocenters. The first-order chi connectivity index (χ1) is 9.72. The number of rotatable bonds is 5. The molecule has 1 N–H and O–H groups in total. The summed E-state index contributed by atoms with van der Waals surface area (Å²) in [5, 5.41) is 4.00. The summed E-state index contributed by atoms with van der Waals surface area (Å²) in [5.41, 5.74) is 1.99. The van der Waals surface area contributed by atoms with Crippen molar-refractivity contribution in [2.45, 2.75) is 6.04 Å². The summed E-state index contributed by atoms with van der Waals surface area (Å²) in [4.78, 5) is 0. The van der Waals surface area contributed by atoms with Crippen molar-refractivity contribution in [2.24, 2.45) is 0 Å². The minimum atomic E-state index is -0.0613. The third-order valence-electron chi connectivity index (χ3n) is 3.25. The number of halogens is 1. The average molecular weight is 292 g/mol. The Bertz CT molecular complexity index is 586. The fourth-order valence-electron chi connectivity index (χ4n) is 2.33. The van der Waals surface area contributed by atoms with Crippen molar-refractivity contribution in [2.75, 3.05) is 21.3 Å². The first-order valence-electron chi connectivity index (χ1n) is 6.35. The number of para-hydroxylation sites is 1. The lowest BCUT2D eigenvalue weighted by Crippen LogP contribution is -2.19. The highest BCUT2D eigenvalue weighted by molar-refractivity contribution is 6.31. The second kappa shape index (κ2) is 6.64. The van der Waals surface area contributed by atoms with Crippen molar-refractivity contribution in [3.63, 3.8) is 0 Å². The van der Waals surface area contributed by atoms with Gasteiger partial charge >= 0.3 is 0 Å². The van der Waals surface area contributed by atoms with Gasteiger partial charge in [0.05, 0.1) is 20.3 Å². The standard InChI is InChI=1S/C16H18ClNO2/c1-18-15(11-7-4-5-9-13(11)17)12-8-6-10-14(19-2)16(12)20-3/h4-10,15,18H,1-3H3. The van der Waals surface area contributed by atoms with Crippen molar-refractivity contribution >= 4 is 11.6 Å². The van der Waals surface area contributed by atoms with Gasteiger partial charge in [-0.05, 0) is 24.7 Å². The van der Waals surface area contributed by atoms with Crippen molar-refractivity contribution in [1.29, 1.82) is 0 Å². The van der Waals surface area contributed by atoms with Crippen LogP contribution < -0.4 is 14.8 Å². The fraction of sp³-hybridized carbons (Fsp3) is 0.250. The monoisotopic (exact) mass is 291 g/mol. The zero-order valence-corrected chi connectivity index (χ0v) is 12.6. The molecule has 0 aliphatic rings. The molecule has 2 rings (SSSR count). The second-order valence-corrected chi connectivity index (χ2v) is 4.73. The summed E-state index contributed by atoms with van der Waals surface area (Å²) in [7, 11) is 5.17. The summed E-state index contributed by atoms with van der Waals surface area (Å²) in [6.45, 7) is 0. The maximum Gasteiger partial charge on any atom is 0.165 e. The van der Waals surface area contributed by atoms with E-state index >= 15 is 0 Å². The first kappa shape index (κ1) is 14.7. The van der Waals surface area contributed by atoms with E-state index in [0.29, 0.717) is 11.5 Å². The molecule has 0 heterocycles. The molecule has 3 nitrogen and oxygen atoms in total. The fourth-order valence-corrected chi connectivity index (χ4v) is 2.57. The van der Waals surface area contributed by atoms with E-state index in [1.54, 1.807) is 14.2 Å². The van der Waals surface area contributed by atoms with Crippen molar-refractivity contribution in [3.05, 3.63) is 58.6 Å². The highest BCUT2D eigenvalue weighted by Crippen LogP contribution is 2.38. The van der Waals surface area contributed by atoms with Gasteiger partial charge in [0, 0.05) is 10.6 Å². The third-order valence-corrected chi connectivity index (χ3v) is 3.59. The van der Waals surface area contributed by atoms with Crippen LogP contribution in [0.15, 0.2) is 42.5 Å². The smallest absolute Gasteiger partial charge is 0.165 e. The first-order valence-corrected chi connectivity index (χ1v) is 6.73. The van der Waals surface area contributed by atoms with Gasteiger partial charge in [-0.1, -0.05) is 41.9 Å². The largest absolute Gasteiger partial charge is 0.493 e. The molecule has 0 spiro atoms. The topological polar surface area (TPSA) is 30.5 Å². The van der Waals surface area contributed by atoms with Gasteiger partial charge in [-0.25, -0.2) is 0 Å². The van der Waals surface area contributed by atoms with Gasteiger partial charge in [0.15, 0.2) is 11.5 Å². The van der Waals surface area contributed by atoms with E-state index in [2.05, 4.69) is 5.32 Å². The number of methoxy groups -OCH3 is 2. The Morgan fingerprint density at radius 1 is 0.950 bits per heavy atom. The Labute approximate surface area is 124 Å². The predicted molar refractivity (Wildman–Crippen MR) is 81.9 cm³/mol. The number of hydrogen-bond donors (Lipinski definition) is 1. The molecule has 4 heteroatoms. The number of nitrogens with one attached hydrogen (secondary N) is 1. The molecule has 0 radical (unpaired) electrons. The number of hydrogen-bond acceptors (Lipinski definition) is 3. The van der Waals surface area contributed by atoms with Crippen LogP contribution in [0.2, 0.25) is 5.02 Å². The molecule has 1 atom stereocenters. The van der Waals surface area contributed by atoms with Crippen LogP contribution in [0.4, 0.5) is 0 Å². The minimum absolute atomic E-state index is 0.0613. The highest BCUT2D eigenvalue weighted by atomic mass is 35.5. The molecular weight excluding hydrogens is 274 g/mol. The molecule has 0 aromatic heterocycles. The van der Waals surface area contributed by atoms with Crippen LogP contribution in [0, 0.1) is 0 Å². The van der Waals surface area contributed by atoms with Crippen LogP contribution in [-0.2, 0) is 0 Å². The molecule has 0 saturated heterocycles. The Kier molecular flexibility index (Phi) is 4.88. The molecule has 0 saturated carbocycles. The van der Waals surface area contributed by atoms with Crippen molar-refractivity contribution < 1.29 is 9.47 Å². The van der Waals surface area contributed by atoms with Crippen LogP contribution in [0.3, 0.4) is 0 Å². The van der Waals surface area contributed by atoms with Gasteiger partial charge in [0.2, 0.25) is 0 Å². The molecule has 0 bridgehead atoms. The van der Waals surface area contributed by atoms with Crippen molar-refractivity contribution in [1.82, 2.24) is 5.32 Å². The van der Waals surface area contributed by atoms with Crippen LogP contribution in [-0.4, -0.2) is 21.3 Å². The molecule has 106 valence electrons. The lowest BCUT2D eigenvalue weighted by molar-refractivity contribution is 0.349. The Morgan fingerprint density at radius 2 is 1.65 bits per heavy atom. The Hall–Kier alpha value is -1.71. The molecule has 0 aliphatic heterocycles. The predicted octanol–water partition coefficient (Wildman–Crippen LogP) is 3.67. The lowest BCUT2D eigenvalue weighted by atomic mass is 9.97. The molecule has 0 amide bonds. The average Bonchev–Trinajstić information content (AvgIpc) is 2.49. The summed E-state index contributed by atoms with van der Waals surface area (Å²) in [6, 6.07) is 13.5. The number of ether oxygens (including phenoxy) is 2. The highest BCUT2D eigenvalue weighted by Gasteiger charge is 2.21. The van der Waals surface area contributed by atoms with Gasteiger partial charge in [-0.2, -0.15) is 0 Å². The molecular formula is C16H18ClNO2. The quantitative estimate of drug-likeness (QED) is 0.912. The van der Waals surface area contributed by atoms with E-state index in [0.717, 1.165) is 16.1 Å². The van der Waals surface area contributed by atoms with Crippen LogP contribution in [0.5, 0.6) is 11.5 Å². The SMILES string of the molecule is CNC(c1ccccc1Cl)c1cccc(OC)c1OC. The maximum atomic E-state index is 6.30. The van der Waals surface area contributed by atoms with E-state index < -0.39 is 0 Å². The molecule has 0 aliphatic carbocycles. The number of benzene rings is 2. The van der Waals surface area contributed by atoms with E-state index in [1.165, 1.54) is 0 Å². The van der Waals surface area contributed by atoms with E-state index in [4.69, 9.17) is 21.1 Å². The van der Waals surface area contributed by atoms with E-state index in [-0.39, 0.29) is 6.04 Å². The summed E-state index contributed by atoms with van der Waals surface area (Å²) < 4.78 is 10.9. The molecule has 20 heavy (non-hydrogen) atoms. The van der Waals surface area contributed by atoms with Crippen molar-refractivity contribution in [3.8, 4) is 11.5 Å². The van der Waals surface area contributed by atoms with Gasteiger partial charge in [-0.15, -0.1) is 0 Å². The lowest BCUT2D eigenvalue weighted by Gasteiger charge is -2.22. The van der Waals surface area contributed by atoms with Gasteiger partial charge < -0.3 is 14.8 Å². The summed E-state index contributed by atoms with van der Waals surface area (Å²) >= 11 is 6.30. The van der Waals surface area contributed by atoms with Gasteiger partial charge in [-0.3, -0.25) is 0 Å². The minimum Gasteiger partial charge on any atom is -0.493 e. The van der Waals surface area contributed by atoms with Crippen LogP contribution >= 0.6 is 11.6 Å². The molecule has 0 fully saturated rings. The van der Waals surface area contributed by atoms with Gasteiger partial charge in [0.25, 0.3) is 0 Å². The van der Waals surface area contributed by atoms with Gasteiger partial charge in [0.1, 0.15) is 0 Å². The molecule has 2 aromatic carbocycles. The van der Waals surface area contributed by atoms with Crippen LogP contribution in [0.1, 0.15) is 17.2 Å². The Morgan fingerprint density at radius 3 is 2.25 bits per heavy atom. The van der Waals surface area contributed by atoms with E-state index in [1.807, 2.05) is 49.5 Å². The van der Waals surface area contributed by atoms with E-state index in [9.17, 15) is 0 Å². The third kappa shape index (κ3) is 2.74. The van der Waals surface area contributed by atoms with Crippen LogP contribution in [0.25, 0.3) is 0 Å². The maximum absolute atomic E-state index is 6.30. The summed E-state index contributed by atoms with van der Waals surface area (Å²) in [6.07, 6.45) is 0. The second-order valence-electron chi connectivity index (χ2n) is 4.33. The zero-order chi connectivity index (χ0) is 14.5. The molecule has 2 aromatic rings. The Balaban J connectivity index is 2.55. The summed E-state index contributed by atoms with van der Waals surface area (Å²) in [5.74, 6) is 1.42. The zero-order valence-electron chi connectivity index (χ0n) is 11.8. The normalized spacial score (nSPS) is 12.0.